The number of hydrogen-bond acceptors (Lipinski definition) is 4. The largest absolute Gasteiger partial charge is 0.473 e. The van der Waals surface area contributed by atoms with Gasteiger partial charge in [0, 0.05) is 35.1 Å². The van der Waals surface area contributed by atoms with Crippen molar-refractivity contribution >= 4 is 34.0 Å². The molecule has 4 rings (SSSR count). The molecule has 1 aromatic heterocycles. The lowest BCUT2D eigenvalue weighted by Gasteiger charge is -2.37. The van der Waals surface area contributed by atoms with E-state index in [4.69, 9.17) is 16.3 Å². The second-order valence-electron chi connectivity index (χ2n) is 6.57. The molecule has 1 amide bonds. The summed E-state index contributed by atoms with van der Waals surface area (Å²) in [4.78, 5) is 18.0. The Morgan fingerprint density at radius 1 is 1.17 bits per heavy atom. The number of ether oxygens (including phenoxy) is 1. The van der Waals surface area contributed by atoms with Crippen LogP contribution in [0.4, 0.5) is 14.5 Å². The van der Waals surface area contributed by atoms with E-state index in [1.165, 1.54) is 6.07 Å². The van der Waals surface area contributed by atoms with Gasteiger partial charge in [-0.2, -0.15) is 0 Å². The molecule has 3 aromatic rings. The van der Waals surface area contributed by atoms with Crippen molar-refractivity contribution in [3.8, 4) is 0 Å². The minimum atomic E-state index is -0.738. The standard InChI is InChI=1S/C21H16ClF2N3O2/c1-12-26-20(28)19(22)21(29-11-14-2-4-16(23)9-18(14)24)27(12)17-5-3-13-6-7-25-10-15(13)8-17/h2-10,12H,11H2,1H3,(H,26,28). The number of carbonyl (C=O) groups is 1. The van der Waals surface area contributed by atoms with Crippen LogP contribution in [0.3, 0.4) is 0 Å². The summed E-state index contributed by atoms with van der Waals surface area (Å²) in [5, 5.41) is 4.50. The smallest absolute Gasteiger partial charge is 0.269 e. The second-order valence-corrected chi connectivity index (χ2v) is 6.95. The zero-order valence-electron chi connectivity index (χ0n) is 15.3. The molecule has 0 spiro atoms. The van der Waals surface area contributed by atoms with Crippen LogP contribution in [0.5, 0.6) is 0 Å². The van der Waals surface area contributed by atoms with Gasteiger partial charge in [0.25, 0.3) is 5.91 Å². The molecule has 0 radical (unpaired) electrons. The number of nitrogens with zero attached hydrogens (tertiary/aromatic N) is 2. The third-order valence-corrected chi connectivity index (χ3v) is 4.95. The van der Waals surface area contributed by atoms with E-state index in [-0.39, 0.29) is 23.1 Å². The van der Waals surface area contributed by atoms with Crippen LogP contribution in [0.2, 0.25) is 0 Å². The van der Waals surface area contributed by atoms with E-state index in [0.717, 1.165) is 22.9 Å². The van der Waals surface area contributed by atoms with Gasteiger partial charge in [-0.25, -0.2) is 8.78 Å². The molecular weight excluding hydrogens is 400 g/mol. The van der Waals surface area contributed by atoms with Crippen molar-refractivity contribution in [3.63, 3.8) is 0 Å². The first-order valence-corrected chi connectivity index (χ1v) is 9.22. The van der Waals surface area contributed by atoms with Crippen LogP contribution >= 0.6 is 11.6 Å². The predicted octanol–water partition coefficient (Wildman–Crippen LogP) is 4.42. The molecule has 0 bridgehead atoms. The van der Waals surface area contributed by atoms with Crippen LogP contribution in [0.15, 0.2) is 65.8 Å². The summed E-state index contributed by atoms with van der Waals surface area (Å²) in [6, 6.07) is 10.8. The minimum absolute atomic E-state index is 0.0925. The number of aromatic nitrogens is 1. The van der Waals surface area contributed by atoms with Gasteiger partial charge in [-0.3, -0.25) is 14.7 Å². The Bertz CT molecular complexity index is 1140. The van der Waals surface area contributed by atoms with Crippen LogP contribution in [-0.2, 0) is 16.1 Å². The molecular formula is C21H16ClF2N3O2. The Hall–Kier alpha value is -3.19. The molecule has 5 nitrogen and oxygen atoms in total. The summed E-state index contributed by atoms with van der Waals surface area (Å²) < 4.78 is 32.9. The maximum atomic E-state index is 14.0. The zero-order chi connectivity index (χ0) is 20.5. The highest BCUT2D eigenvalue weighted by Crippen LogP contribution is 2.32. The number of anilines is 1. The number of amides is 1. The molecule has 148 valence electrons. The Morgan fingerprint density at radius 3 is 2.79 bits per heavy atom. The van der Waals surface area contributed by atoms with Crippen molar-refractivity contribution in [1.82, 2.24) is 10.3 Å². The molecule has 1 N–H and O–H groups in total. The maximum Gasteiger partial charge on any atom is 0.269 e. The van der Waals surface area contributed by atoms with Crippen molar-refractivity contribution in [2.45, 2.75) is 19.7 Å². The van der Waals surface area contributed by atoms with E-state index in [9.17, 15) is 13.6 Å². The monoisotopic (exact) mass is 415 g/mol. The van der Waals surface area contributed by atoms with Crippen LogP contribution in [0.25, 0.3) is 10.8 Å². The van der Waals surface area contributed by atoms with Crippen molar-refractivity contribution in [2.75, 3.05) is 4.90 Å². The van der Waals surface area contributed by atoms with Gasteiger partial charge >= 0.3 is 0 Å². The predicted molar refractivity (Wildman–Crippen MR) is 106 cm³/mol. The molecule has 0 aliphatic carbocycles. The van der Waals surface area contributed by atoms with Gasteiger partial charge in [0.2, 0.25) is 5.88 Å². The fraction of sp³-hybridized carbons (Fsp3) is 0.143. The van der Waals surface area contributed by atoms with Crippen molar-refractivity contribution in [1.29, 1.82) is 0 Å². The first kappa shape index (κ1) is 19.1. The molecule has 29 heavy (non-hydrogen) atoms. The van der Waals surface area contributed by atoms with Crippen LogP contribution < -0.4 is 10.2 Å². The Kier molecular flexibility index (Phi) is 5.07. The molecule has 1 unspecified atom stereocenters. The van der Waals surface area contributed by atoms with Crippen LogP contribution in [-0.4, -0.2) is 17.1 Å². The summed E-state index contributed by atoms with van der Waals surface area (Å²) in [6.07, 6.45) is 2.97. The van der Waals surface area contributed by atoms with Gasteiger partial charge in [-0.05, 0) is 42.6 Å². The number of carbonyl (C=O) groups excluding carboxylic acids is 1. The third-order valence-electron chi connectivity index (χ3n) is 4.62. The van der Waals surface area contributed by atoms with Gasteiger partial charge in [0.05, 0.1) is 0 Å². The number of nitrogens with one attached hydrogen (secondary N) is 1. The van der Waals surface area contributed by atoms with Crippen molar-refractivity contribution in [3.05, 3.63) is 83.0 Å². The van der Waals surface area contributed by atoms with Crippen LogP contribution in [0.1, 0.15) is 12.5 Å². The van der Waals surface area contributed by atoms with E-state index < -0.39 is 23.7 Å². The highest BCUT2D eigenvalue weighted by Gasteiger charge is 2.33. The quantitative estimate of drug-likeness (QED) is 0.685. The van der Waals surface area contributed by atoms with Gasteiger partial charge in [0.15, 0.2) is 5.03 Å². The highest BCUT2D eigenvalue weighted by molar-refractivity contribution is 6.42. The average molecular weight is 416 g/mol. The van der Waals surface area contributed by atoms with E-state index in [2.05, 4.69) is 10.3 Å². The summed E-state index contributed by atoms with van der Waals surface area (Å²) in [5.74, 6) is -1.82. The molecule has 8 heteroatoms. The third kappa shape index (κ3) is 3.73. The Balaban J connectivity index is 1.70. The van der Waals surface area contributed by atoms with Crippen molar-refractivity contribution in [2.24, 2.45) is 0 Å². The molecule has 0 saturated carbocycles. The molecule has 2 aromatic carbocycles. The fourth-order valence-corrected chi connectivity index (χ4v) is 3.38. The van der Waals surface area contributed by atoms with Gasteiger partial charge < -0.3 is 10.1 Å². The van der Waals surface area contributed by atoms with Crippen LogP contribution in [0, 0.1) is 11.6 Å². The molecule has 0 fully saturated rings. The summed E-state index contributed by atoms with van der Waals surface area (Å²) >= 11 is 6.23. The number of halogens is 3. The summed E-state index contributed by atoms with van der Waals surface area (Å²) in [6.45, 7) is 1.56. The summed E-state index contributed by atoms with van der Waals surface area (Å²) in [5.41, 5.74) is 0.857. The number of rotatable bonds is 4. The van der Waals surface area contributed by atoms with Crippen molar-refractivity contribution < 1.29 is 18.3 Å². The molecule has 1 aliphatic rings. The summed E-state index contributed by atoms with van der Waals surface area (Å²) in [7, 11) is 0. The SMILES string of the molecule is CC1NC(=O)C(Cl)=C(OCc2ccc(F)cc2F)N1c1ccc2ccncc2c1. The Morgan fingerprint density at radius 2 is 2.00 bits per heavy atom. The zero-order valence-corrected chi connectivity index (χ0v) is 16.1. The molecule has 1 atom stereocenters. The minimum Gasteiger partial charge on any atom is -0.473 e. The first-order chi connectivity index (χ1) is 13.9. The number of pyridine rings is 1. The lowest BCUT2D eigenvalue weighted by atomic mass is 10.1. The normalized spacial score (nSPS) is 16.9. The fourth-order valence-electron chi connectivity index (χ4n) is 3.18. The molecule has 2 heterocycles. The molecule has 0 saturated heterocycles. The van der Waals surface area contributed by atoms with Gasteiger partial charge in [-0.15, -0.1) is 0 Å². The van der Waals surface area contributed by atoms with E-state index >= 15 is 0 Å². The Labute approximate surface area is 170 Å². The highest BCUT2D eigenvalue weighted by atomic mass is 35.5. The first-order valence-electron chi connectivity index (χ1n) is 8.84. The average Bonchev–Trinajstić information content (AvgIpc) is 2.70. The topological polar surface area (TPSA) is 54.5 Å². The number of fused-ring (bicyclic) bond motifs is 1. The second kappa shape index (κ2) is 7.67. The lowest BCUT2D eigenvalue weighted by molar-refractivity contribution is -0.118. The van der Waals surface area contributed by atoms with Gasteiger partial charge in [0.1, 0.15) is 24.4 Å². The maximum absolute atomic E-state index is 14.0. The van der Waals surface area contributed by atoms with E-state index in [1.54, 1.807) is 24.2 Å². The number of hydrogen-bond donors (Lipinski definition) is 1. The van der Waals surface area contributed by atoms with E-state index in [0.29, 0.717) is 5.69 Å². The van der Waals surface area contributed by atoms with E-state index in [1.807, 2.05) is 24.3 Å². The van der Waals surface area contributed by atoms with Gasteiger partial charge in [-0.1, -0.05) is 17.7 Å². The lowest BCUT2D eigenvalue weighted by Crippen LogP contribution is -2.51. The number of benzene rings is 2. The molecule has 1 aliphatic heterocycles.